The second-order valence-electron chi connectivity index (χ2n) is 6.13. The summed E-state index contributed by atoms with van der Waals surface area (Å²) in [6.45, 7) is 6.25. The van der Waals surface area contributed by atoms with Crippen LogP contribution in [-0.2, 0) is 10.0 Å². The van der Waals surface area contributed by atoms with Crippen molar-refractivity contribution >= 4 is 21.7 Å². The number of sulfonamides is 1. The summed E-state index contributed by atoms with van der Waals surface area (Å²) in [6.07, 6.45) is 3.23. The molecule has 1 aliphatic rings. The van der Waals surface area contributed by atoms with E-state index in [0.717, 1.165) is 5.82 Å². The summed E-state index contributed by atoms with van der Waals surface area (Å²) in [7, 11) is -3.59. The van der Waals surface area contributed by atoms with Gasteiger partial charge in [0.1, 0.15) is 5.82 Å². The molecule has 3 rings (SSSR count). The molecule has 1 aromatic heterocycles. The molecule has 2 heterocycles. The summed E-state index contributed by atoms with van der Waals surface area (Å²) in [6, 6.07) is 11.8. The minimum Gasteiger partial charge on any atom is -0.353 e. The molecule has 8 heteroatoms. The molecule has 27 heavy (non-hydrogen) atoms. The lowest BCUT2D eigenvalue weighted by Crippen LogP contribution is -2.49. The molecular weight excluding hydrogens is 364 g/mol. The van der Waals surface area contributed by atoms with E-state index in [1.54, 1.807) is 23.2 Å². The van der Waals surface area contributed by atoms with Crippen LogP contribution in [0.1, 0.15) is 10.4 Å². The lowest BCUT2D eigenvalue weighted by atomic mass is 10.2. The number of nitrogens with zero attached hydrogens (tertiary/aromatic N) is 3. The fourth-order valence-electron chi connectivity index (χ4n) is 2.89. The highest BCUT2D eigenvalue weighted by molar-refractivity contribution is 7.89. The van der Waals surface area contributed by atoms with E-state index in [9.17, 15) is 13.2 Å². The molecule has 0 saturated carbocycles. The van der Waals surface area contributed by atoms with E-state index in [-0.39, 0.29) is 17.3 Å². The van der Waals surface area contributed by atoms with Crippen molar-refractivity contribution in [1.82, 2.24) is 14.6 Å². The highest BCUT2D eigenvalue weighted by Crippen LogP contribution is 2.16. The van der Waals surface area contributed by atoms with Gasteiger partial charge in [0, 0.05) is 44.5 Å². The SMILES string of the molecule is C=CCNS(=O)(=O)c1ccc(C(=O)N2CCN(c3ccccn3)CC2)cc1. The number of rotatable bonds is 6. The molecule has 0 spiro atoms. The molecule has 0 aliphatic carbocycles. The van der Waals surface area contributed by atoms with E-state index in [2.05, 4.69) is 21.2 Å². The van der Waals surface area contributed by atoms with Crippen LogP contribution in [0.4, 0.5) is 5.82 Å². The van der Waals surface area contributed by atoms with Crippen molar-refractivity contribution in [3.05, 3.63) is 66.9 Å². The second kappa shape index (κ2) is 8.32. The zero-order valence-corrected chi connectivity index (χ0v) is 15.7. The fourth-order valence-corrected chi connectivity index (χ4v) is 3.89. The number of carbonyl (C=O) groups excluding carboxylic acids is 1. The Morgan fingerprint density at radius 3 is 2.41 bits per heavy atom. The molecule has 1 N–H and O–H groups in total. The zero-order chi connectivity index (χ0) is 19.3. The molecule has 0 unspecified atom stereocenters. The lowest BCUT2D eigenvalue weighted by Gasteiger charge is -2.35. The third-order valence-electron chi connectivity index (χ3n) is 4.37. The first-order valence-corrected chi connectivity index (χ1v) is 10.2. The van der Waals surface area contributed by atoms with Crippen molar-refractivity contribution in [1.29, 1.82) is 0 Å². The van der Waals surface area contributed by atoms with Gasteiger partial charge in [-0.3, -0.25) is 4.79 Å². The summed E-state index contributed by atoms with van der Waals surface area (Å²) in [5.41, 5.74) is 0.476. The highest BCUT2D eigenvalue weighted by atomic mass is 32.2. The summed E-state index contributed by atoms with van der Waals surface area (Å²) in [5.74, 6) is 0.810. The van der Waals surface area contributed by atoms with E-state index in [4.69, 9.17) is 0 Å². The molecule has 1 saturated heterocycles. The zero-order valence-electron chi connectivity index (χ0n) is 14.9. The monoisotopic (exact) mass is 386 g/mol. The number of nitrogens with one attached hydrogen (secondary N) is 1. The third-order valence-corrected chi connectivity index (χ3v) is 5.81. The summed E-state index contributed by atoms with van der Waals surface area (Å²) >= 11 is 0. The van der Waals surface area contributed by atoms with E-state index >= 15 is 0 Å². The van der Waals surface area contributed by atoms with E-state index in [0.29, 0.717) is 31.7 Å². The minimum atomic E-state index is -3.59. The average molecular weight is 386 g/mol. The number of hydrogen-bond donors (Lipinski definition) is 1. The Morgan fingerprint density at radius 1 is 1.11 bits per heavy atom. The average Bonchev–Trinajstić information content (AvgIpc) is 2.72. The predicted octanol–water partition coefficient (Wildman–Crippen LogP) is 1.51. The van der Waals surface area contributed by atoms with Gasteiger partial charge in [-0.25, -0.2) is 18.1 Å². The summed E-state index contributed by atoms with van der Waals surface area (Å²) < 4.78 is 26.6. The van der Waals surface area contributed by atoms with Gasteiger partial charge in [-0.1, -0.05) is 12.1 Å². The van der Waals surface area contributed by atoms with Crippen LogP contribution in [0.2, 0.25) is 0 Å². The van der Waals surface area contributed by atoms with Crippen molar-refractivity contribution in [3.8, 4) is 0 Å². The molecule has 1 aromatic carbocycles. The van der Waals surface area contributed by atoms with Crippen molar-refractivity contribution in [2.45, 2.75) is 4.90 Å². The number of amides is 1. The second-order valence-corrected chi connectivity index (χ2v) is 7.90. The maximum absolute atomic E-state index is 12.7. The number of aromatic nitrogens is 1. The first-order chi connectivity index (χ1) is 13.0. The van der Waals surface area contributed by atoms with Crippen molar-refractivity contribution in [3.63, 3.8) is 0 Å². The predicted molar refractivity (Wildman–Crippen MR) is 104 cm³/mol. The Bertz CT molecular complexity index is 890. The molecule has 1 amide bonds. The van der Waals surface area contributed by atoms with Gasteiger partial charge in [0.2, 0.25) is 10.0 Å². The number of benzene rings is 1. The van der Waals surface area contributed by atoms with Crippen LogP contribution in [-0.4, -0.2) is 56.9 Å². The van der Waals surface area contributed by atoms with Gasteiger partial charge < -0.3 is 9.80 Å². The number of piperazine rings is 1. The minimum absolute atomic E-state index is 0.0985. The van der Waals surface area contributed by atoms with E-state index < -0.39 is 10.0 Å². The van der Waals surface area contributed by atoms with Gasteiger partial charge in [0.15, 0.2) is 0 Å². The fraction of sp³-hybridized carbons (Fsp3) is 0.263. The molecule has 0 bridgehead atoms. The number of pyridine rings is 1. The summed E-state index contributed by atoms with van der Waals surface area (Å²) in [4.78, 5) is 21.1. The Kier molecular flexibility index (Phi) is 5.88. The van der Waals surface area contributed by atoms with Gasteiger partial charge in [-0.05, 0) is 36.4 Å². The first kappa shape index (κ1) is 19.1. The van der Waals surface area contributed by atoms with Crippen LogP contribution >= 0.6 is 0 Å². The normalized spacial score (nSPS) is 14.8. The smallest absolute Gasteiger partial charge is 0.253 e. The number of carbonyl (C=O) groups is 1. The molecule has 2 aromatic rings. The number of hydrogen-bond acceptors (Lipinski definition) is 5. The van der Waals surface area contributed by atoms with Crippen molar-refractivity contribution in [2.75, 3.05) is 37.6 Å². The van der Waals surface area contributed by atoms with Crippen LogP contribution < -0.4 is 9.62 Å². The van der Waals surface area contributed by atoms with Gasteiger partial charge in [-0.15, -0.1) is 6.58 Å². The Morgan fingerprint density at radius 2 is 1.81 bits per heavy atom. The molecular formula is C19H22N4O3S. The lowest BCUT2D eigenvalue weighted by molar-refractivity contribution is 0.0746. The van der Waals surface area contributed by atoms with E-state index in [1.165, 1.54) is 18.2 Å². The maximum Gasteiger partial charge on any atom is 0.253 e. The summed E-state index contributed by atoms with van der Waals surface area (Å²) in [5, 5.41) is 0. The molecule has 142 valence electrons. The molecule has 1 fully saturated rings. The van der Waals surface area contributed by atoms with Gasteiger partial charge in [0.05, 0.1) is 4.90 Å². The van der Waals surface area contributed by atoms with Gasteiger partial charge in [-0.2, -0.15) is 0 Å². The third kappa shape index (κ3) is 4.53. The molecule has 1 aliphatic heterocycles. The van der Waals surface area contributed by atoms with Crippen LogP contribution in [0.25, 0.3) is 0 Å². The number of anilines is 1. The standard InChI is InChI=1S/C19H22N4O3S/c1-2-10-21-27(25,26)17-8-6-16(7-9-17)19(24)23-14-12-22(13-15-23)18-5-3-4-11-20-18/h2-9,11,21H,1,10,12-15H2. The van der Waals surface area contributed by atoms with Gasteiger partial charge >= 0.3 is 0 Å². The van der Waals surface area contributed by atoms with Gasteiger partial charge in [0.25, 0.3) is 5.91 Å². The van der Waals surface area contributed by atoms with Crippen molar-refractivity contribution < 1.29 is 13.2 Å². The molecule has 0 radical (unpaired) electrons. The van der Waals surface area contributed by atoms with Crippen LogP contribution in [0.15, 0.2) is 66.2 Å². The van der Waals surface area contributed by atoms with Crippen molar-refractivity contribution in [2.24, 2.45) is 0 Å². The Balaban J connectivity index is 1.62. The molecule has 0 atom stereocenters. The Hall–Kier alpha value is -2.71. The Labute approximate surface area is 159 Å². The quantitative estimate of drug-likeness (QED) is 0.761. The highest BCUT2D eigenvalue weighted by Gasteiger charge is 2.23. The largest absolute Gasteiger partial charge is 0.353 e. The topological polar surface area (TPSA) is 82.6 Å². The maximum atomic E-state index is 12.7. The van der Waals surface area contributed by atoms with Crippen LogP contribution in [0, 0.1) is 0 Å². The van der Waals surface area contributed by atoms with Crippen LogP contribution in [0.5, 0.6) is 0 Å². The van der Waals surface area contributed by atoms with E-state index in [1.807, 2.05) is 18.2 Å². The first-order valence-electron chi connectivity index (χ1n) is 8.67. The molecule has 7 nitrogen and oxygen atoms in total. The van der Waals surface area contributed by atoms with Crippen LogP contribution in [0.3, 0.4) is 0 Å².